The molecule has 0 bridgehead atoms. The summed E-state index contributed by atoms with van der Waals surface area (Å²) in [6.45, 7) is 6.23. The van der Waals surface area contributed by atoms with Crippen LogP contribution in [0.5, 0.6) is 0 Å². The van der Waals surface area contributed by atoms with E-state index in [1.54, 1.807) is 0 Å². The van der Waals surface area contributed by atoms with E-state index in [9.17, 15) is 0 Å². The van der Waals surface area contributed by atoms with E-state index >= 15 is 0 Å². The zero-order chi connectivity index (χ0) is 10.9. The van der Waals surface area contributed by atoms with Crippen LogP contribution in [0.3, 0.4) is 0 Å². The van der Waals surface area contributed by atoms with Crippen LogP contribution in [-0.4, -0.2) is 21.4 Å². The minimum absolute atomic E-state index is 0.267. The Morgan fingerprint density at radius 2 is 2.33 bits per heavy atom. The monoisotopic (exact) mass is 210 g/mol. The van der Waals surface area contributed by atoms with E-state index in [1.807, 2.05) is 0 Å². The van der Waals surface area contributed by atoms with Crippen molar-refractivity contribution in [2.75, 3.05) is 6.61 Å². The predicted octanol–water partition coefficient (Wildman–Crippen LogP) is 0.782. The van der Waals surface area contributed by atoms with Gasteiger partial charge in [0.15, 0.2) is 5.82 Å². The molecule has 0 saturated carbocycles. The van der Waals surface area contributed by atoms with Gasteiger partial charge in [-0.15, -0.1) is 10.2 Å². The van der Waals surface area contributed by atoms with E-state index in [0.29, 0.717) is 6.54 Å². The number of hydrogen-bond donors (Lipinski definition) is 1. The lowest BCUT2D eigenvalue weighted by atomic mass is 10.0. The zero-order valence-electron chi connectivity index (χ0n) is 9.36. The first-order valence-electron chi connectivity index (χ1n) is 5.48. The molecule has 1 aliphatic heterocycles. The lowest BCUT2D eigenvalue weighted by Gasteiger charge is -2.22. The average molecular weight is 210 g/mol. The summed E-state index contributed by atoms with van der Waals surface area (Å²) in [5.74, 6) is 1.76. The highest BCUT2D eigenvalue weighted by Crippen LogP contribution is 2.34. The van der Waals surface area contributed by atoms with Crippen molar-refractivity contribution >= 4 is 0 Å². The van der Waals surface area contributed by atoms with Gasteiger partial charge in [0.1, 0.15) is 11.4 Å². The third-order valence-corrected chi connectivity index (χ3v) is 3.02. The molecule has 1 atom stereocenters. The van der Waals surface area contributed by atoms with Crippen molar-refractivity contribution in [3.8, 4) is 0 Å². The summed E-state index contributed by atoms with van der Waals surface area (Å²) in [5, 5.41) is 8.32. The minimum Gasteiger partial charge on any atom is -0.367 e. The van der Waals surface area contributed by atoms with Crippen molar-refractivity contribution in [2.45, 2.75) is 45.4 Å². The van der Waals surface area contributed by atoms with Crippen molar-refractivity contribution in [1.82, 2.24) is 14.8 Å². The molecule has 0 amide bonds. The molecule has 2 rings (SSSR count). The molecular weight excluding hydrogens is 192 g/mol. The fourth-order valence-electron chi connectivity index (χ4n) is 2.17. The van der Waals surface area contributed by atoms with E-state index in [1.165, 1.54) is 0 Å². The fourth-order valence-corrected chi connectivity index (χ4v) is 2.17. The summed E-state index contributed by atoms with van der Waals surface area (Å²) in [5.41, 5.74) is 5.35. The molecule has 1 saturated heterocycles. The quantitative estimate of drug-likeness (QED) is 0.800. The van der Waals surface area contributed by atoms with E-state index in [4.69, 9.17) is 10.5 Å². The van der Waals surface area contributed by atoms with Gasteiger partial charge in [-0.05, 0) is 26.7 Å². The van der Waals surface area contributed by atoms with Crippen LogP contribution >= 0.6 is 0 Å². The van der Waals surface area contributed by atoms with E-state index < -0.39 is 0 Å². The highest BCUT2D eigenvalue weighted by molar-refractivity contribution is 5.06. The van der Waals surface area contributed by atoms with Gasteiger partial charge >= 0.3 is 0 Å². The van der Waals surface area contributed by atoms with Gasteiger partial charge in [0.2, 0.25) is 0 Å². The van der Waals surface area contributed by atoms with Gasteiger partial charge in [-0.1, -0.05) is 0 Å². The molecule has 5 heteroatoms. The van der Waals surface area contributed by atoms with E-state index in [2.05, 4.69) is 28.6 Å². The molecule has 0 radical (unpaired) electrons. The highest BCUT2D eigenvalue weighted by atomic mass is 16.5. The molecule has 1 aromatic heterocycles. The maximum absolute atomic E-state index is 5.76. The summed E-state index contributed by atoms with van der Waals surface area (Å²) in [6.07, 6.45) is 2.10. The molecule has 0 aromatic carbocycles. The van der Waals surface area contributed by atoms with Gasteiger partial charge < -0.3 is 15.0 Å². The first-order valence-corrected chi connectivity index (χ1v) is 5.48. The minimum atomic E-state index is -0.267. The Bertz CT molecular complexity index is 341. The van der Waals surface area contributed by atoms with Crippen molar-refractivity contribution in [1.29, 1.82) is 0 Å². The SMILES string of the molecule is CCn1c(CN)nnc1C1(C)CCCO1. The molecule has 2 N–H and O–H groups in total. The second kappa shape index (κ2) is 3.90. The molecule has 1 unspecified atom stereocenters. The Hall–Kier alpha value is -0.940. The smallest absolute Gasteiger partial charge is 0.165 e. The molecule has 84 valence electrons. The number of hydrogen-bond acceptors (Lipinski definition) is 4. The molecule has 15 heavy (non-hydrogen) atoms. The third-order valence-electron chi connectivity index (χ3n) is 3.02. The largest absolute Gasteiger partial charge is 0.367 e. The Kier molecular flexibility index (Phi) is 2.75. The molecule has 0 aliphatic carbocycles. The zero-order valence-corrected chi connectivity index (χ0v) is 9.36. The maximum Gasteiger partial charge on any atom is 0.165 e. The van der Waals surface area contributed by atoms with Crippen molar-refractivity contribution in [2.24, 2.45) is 5.73 Å². The van der Waals surface area contributed by atoms with Crippen molar-refractivity contribution in [3.05, 3.63) is 11.6 Å². The van der Waals surface area contributed by atoms with Gasteiger partial charge in [0.05, 0.1) is 6.54 Å². The Labute approximate surface area is 89.6 Å². The van der Waals surface area contributed by atoms with Crippen LogP contribution in [0.15, 0.2) is 0 Å². The van der Waals surface area contributed by atoms with E-state index in [-0.39, 0.29) is 5.60 Å². The number of ether oxygens (including phenoxy) is 1. The predicted molar refractivity (Wildman–Crippen MR) is 56.1 cm³/mol. The van der Waals surface area contributed by atoms with Gasteiger partial charge in [-0.25, -0.2) is 0 Å². The van der Waals surface area contributed by atoms with Crippen LogP contribution in [0.2, 0.25) is 0 Å². The molecular formula is C10H18N4O. The summed E-state index contributed by atoms with van der Waals surface area (Å²) < 4.78 is 7.82. The van der Waals surface area contributed by atoms with Crippen LogP contribution in [0.4, 0.5) is 0 Å². The molecule has 0 spiro atoms. The number of aromatic nitrogens is 3. The number of nitrogens with zero attached hydrogens (tertiary/aromatic N) is 3. The van der Waals surface area contributed by atoms with Crippen LogP contribution in [0.25, 0.3) is 0 Å². The van der Waals surface area contributed by atoms with Crippen LogP contribution < -0.4 is 5.73 Å². The third kappa shape index (κ3) is 1.66. The normalized spacial score (nSPS) is 26.1. The van der Waals surface area contributed by atoms with Gasteiger partial charge in [0.25, 0.3) is 0 Å². The Morgan fingerprint density at radius 3 is 2.87 bits per heavy atom. The van der Waals surface area contributed by atoms with Crippen LogP contribution in [0.1, 0.15) is 38.3 Å². The molecule has 1 aliphatic rings. The van der Waals surface area contributed by atoms with E-state index in [0.717, 1.165) is 37.6 Å². The highest BCUT2D eigenvalue weighted by Gasteiger charge is 2.37. The van der Waals surface area contributed by atoms with Crippen molar-refractivity contribution < 1.29 is 4.74 Å². The lowest BCUT2D eigenvalue weighted by molar-refractivity contribution is 0.00620. The summed E-state index contributed by atoms with van der Waals surface area (Å²) in [4.78, 5) is 0. The molecule has 2 heterocycles. The Morgan fingerprint density at radius 1 is 1.53 bits per heavy atom. The second-order valence-electron chi connectivity index (χ2n) is 4.07. The summed E-state index contributed by atoms with van der Waals surface area (Å²) >= 11 is 0. The second-order valence-corrected chi connectivity index (χ2v) is 4.07. The summed E-state index contributed by atoms with van der Waals surface area (Å²) in [7, 11) is 0. The summed E-state index contributed by atoms with van der Waals surface area (Å²) in [6, 6.07) is 0. The van der Waals surface area contributed by atoms with Crippen molar-refractivity contribution in [3.63, 3.8) is 0 Å². The number of rotatable bonds is 3. The maximum atomic E-state index is 5.76. The van der Waals surface area contributed by atoms with Crippen LogP contribution in [0, 0.1) is 0 Å². The first kappa shape index (κ1) is 10.6. The van der Waals surface area contributed by atoms with Gasteiger partial charge in [0, 0.05) is 13.2 Å². The standard InChI is InChI=1S/C10H18N4O/c1-3-14-8(7-11)12-13-9(14)10(2)5-4-6-15-10/h3-7,11H2,1-2H3. The molecule has 1 aromatic rings. The molecule has 1 fully saturated rings. The first-order chi connectivity index (χ1) is 7.21. The average Bonchev–Trinajstić information content (AvgIpc) is 2.83. The molecule has 5 nitrogen and oxygen atoms in total. The lowest BCUT2D eigenvalue weighted by Crippen LogP contribution is -2.26. The van der Waals surface area contributed by atoms with Gasteiger partial charge in [-0.2, -0.15) is 0 Å². The Balaban J connectivity index is 2.38. The van der Waals surface area contributed by atoms with Gasteiger partial charge in [-0.3, -0.25) is 0 Å². The topological polar surface area (TPSA) is 66.0 Å². The van der Waals surface area contributed by atoms with Crippen LogP contribution in [-0.2, 0) is 23.4 Å². The fraction of sp³-hybridized carbons (Fsp3) is 0.800. The number of nitrogens with two attached hydrogens (primary N) is 1.